The first-order valence-electron chi connectivity index (χ1n) is 14.3. The zero-order valence-corrected chi connectivity index (χ0v) is 26.8. The Bertz CT molecular complexity index is 585. The fourth-order valence-electron chi connectivity index (χ4n) is 3.96. The quantitative estimate of drug-likeness (QED) is 0.0503. The molecule has 0 fully saturated rings. The van der Waals surface area contributed by atoms with Crippen LogP contribution in [0.25, 0.3) is 0 Å². The van der Waals surface area contributed by atoms with Crippen molar-refractivity contribution in [1.82, 2.24) is 0 Å². The van der Waals surface area contributed by atoms with Gasteiger partial charge in [0.05, 0.1) is 6.61 Å². The van der Waals surface area contributed by atoms with Crippen molar-refractivity contribution < 1.29 is 37.9 Å². The zero-order chi connectivity index (χ0) is 26.9. The van der Waals surface area contributed by atoms with Crippen molar-refractivity contribution in [3.63, 3.8) is 0 Å². The monoisotopic (exact) mass is 559 g/mol. The van der Waals surface area contributed by atoms with Crippen LogP contribution in [0.15, 0.2) is 0 Å². The predicted octanol–water partition coefficient (Wildman–Crippen LogP) is 7.01. The number of phosphoric ester groups is 1. The number of hydrogen-bond donors (Lipinski definition) is 2. The molecule has 0 saturated heterocycles. The molecule has 0 rings (SSSR count). The molecular formula is C27H53NaO8P. The minimum atomic E-state index is -4.72. The topological polar surface area (TPSA) is 119 Å². The summed E-state index contributed by atoms with van der Waals surface area (Å²) in [6.07, 6.45) is 19.9. The Morgan fingerprint density at radius 3 is 1.41 bits per heavy atom. The molecule has 0 bridgehead atoms. The normalized spacial score (nSPS) is 12.1. The summed E-state index contributed by atoms with van der Waals surface area (Å²) in [6, 6.07) is 0. The van der Waals surface area contributed by atoms with Crippen molar-refractivity contribution in [3.8, 4) is 0 Å². The van der Waals surface area contributed by atoms with Gasteiger partial charge in [0.1, 0.15) is 6.61 Å². The molecule has 0 aromatic carbocycles. The van der Waals surface area contributed by atoms with Crippen LogP contribution in [-0.4, -0.2) is 70.6 Å². The van der Waals surface area contributed by atoms with E-state index in [9.17, 15) is 14.2 Å². The summed E-state index contributed by atoms with van der Waals surface area (Å²) in [5.41, 5.74) is 0. The molecule has 0 aliphatic heterocycles. The number of carbonyl (C=O) groups is 2. The maximum atomic E-state index is 12.2. The zero-order valence-electron chi connectivity index (χ0n) is 23.9. The fourth-order valence-corrected chi connectivity index (χ4v) is 4.32. The number of phosphoric acid groups is 1. The first-order valence-corrected chi connectivity index (χ1v) is 15.9. The SMILES string of the molecule is CCCCCCCCCCCC(=O)OCC(COP(=O)(O)O)OC(=O)CCCCCCCCCCC.[Na]. The Balaban J connectivity index is 0. The van der Waals surface area contributed by atoms with Crippen LogP contribution in [0.2, 0.25) is 0 Å². The molecule has 8 nitrogen and oxygen atoms in total. The Morgan fingerprint density at radius 1 is 0.622 bits per heavy atom. The maximum Gasteiger partial charge on any atom is 0.469 e. The number of esters is 2. The van der Waals surface area contributed by atoms with Gasteiger partial charge in [0.25, 0.3) is 0 Å². The number of ether oxygens (including phenoxy) is 2. The first-order chi connectivity index (χ1) is 17.3. The van der Waals surface area contributed by atoms with E-state index in [0.29, 0.717) is 6.42 Å². The minimum Gasteiger partial charge on any atom is -0.462 e. The van der Waals surface area contributed by atoms with Crippen molar-refractivity contribution in [2.45, 2.75) is 148 Å². The summed E-state index contributed by atoms with van der Waals surface area (Å²) in [7, 11) is -4.72. The van der Waals surface area contributed by atoms with E-state index >= 15 is 0 Å². The Kier molecular flexibility index (Phi) is 29.2. The van der Waals surface area contributed by atoms with E-state index < -0.39 is 32.5 Å². The third kappa shape index (κ3) is 30.4. The molecule has 0 spiro atoms. The van der Waals surface area contributed by atoms with E-state index in [1.165, 1.54) is 70.6 Å². The van der Waals surface area contributed by atoms with E-state index in [0.717, 1.165) is 38.5 Å². The maximum absolute atomic E-state index is 12.2. The molecule has 1 radical (unpaired) electrons. The predicted molar refractivity (Wildman–Crippen MR) is 148 cm³/mol. The Hall–Kier alpha value is 0.0500. The number of carbonyl (C=O) groups excluding carboxylic acids is 2. The van der Waals surface area contributed by atoms with Gasteiger partial charge in [0, 0.05) is 42.4 Å². The largest absolute Gasteiger partial charge is 0.469 e. The molecule has 10 heteroatoms. The average molecular weight is 560 g/mol. The van der Waals surface area contributed by atoms with E-state index in [1.807, 2.05) is 0 Å². The van der Waals surface area contributed by atoms with E-state index in [4.69, 9.17) is 19.3 Å². The standard InChI is InChI=1S/C27H53O8P.Na/c1-3-5-7-9-11-13-15-17-19-21-26(28)33-23-25(24-34-36(30,31)32)35-27(29)22-20-18-16-14-12-10-8-6-4-2;/h25H,3-24H2,1-2H3,(H2,30,31,32);. The van der Waals surface area contributed by atoms with Crippen LogP contribution in [0, 0.1) is 0 Å². The molecule has 215 valence electrons. The van der Waals surface area contributed by atoms with E-state index in [1.54, 1.807) is 0 Å². The molecule has 0 aliphatic rings. The van der Waals surface area contributed by atoms with Crippen LogP contribution in [0.5, 0.6) is 0 Å². The van der Waals surface area contributed by atoms with Gasteiger partial charge in [-0.15, -0.1) is 0 Å². The molecule has 0 aromatic rings. The van der Waals surface area contributed by atoms with Crippen molar-refractivity contribution >= 4 is 49.3 Å². The van der Waals surface area contributed by atoms with Crippen molar-refractivity contribution in [2.75, 3.05) is 13.2 Å². The van der Waals surface area contributed by atoms with E-state index in [2.05, 4.69) is 18.4 Å². The second kappa shape index (κ2) is 27.6. The molecule has 37 heavy (non-hydrogen) atoms. The number of unbranched alkanes of at least 4 members (excludes halogenated alkanes) is 16. The van der Waals surface area contributed by atoms with E-state index in [-0.39, 0.29) is 49.0 Å². The van der Waals surface area contributed by atoms with Gasteiger partial charge in [-0.25, -0.2) is 4.57 Å². The second-order valence-corrected chi connectivity index (χ2v) is 11.0. The van der Waals surface area contributed by atoms with Crippen LogP contribution in [0.1, 0.15) is 142 Å². The van der Waals surface area contributed by atoms with Crippen LogP contribution in [0.3, 0.4) is 0 Å². The summed E-state index contributed by atoms with van der Waals surface area (Å²) in [5.74, 6) is -0.888. The molecule has 0 heterocycles. The average Bonchev–Trinajstić information content (AvgIpc) is 2.83. The minimum absolute atomic E-state index is 0. The molecular weight excluding hydrogens is 506 g/mol. The Morgan fingerprint density at radius 2 is 1.00 bits per heavy atom. The second-order valence-electron chi connectivity index (χ2n) is 9.74. The molecule has 1 atom stereocenters. The third-order valence-corrected chi connectivity index (χ3v) is 6.61. The molecule has 0 aliphatic carbocycles. The molecule has 1 unspecified atom stereocenters. The molecule has 0 aromatic heterocycles. The summed E-state index contributed by atoms with van der Waals surface area (Å²) in [4.78, 5) is 42.1. The van der Waals surface area contributed by atoms with Gasteiger partial charge < -0.3 is 19.3 Å². The van der Waals surface area contributed by atoms with Gasteiger partial charge in [-0.05, 0) is 12.8 Å². The van der Waals surface area contributed by atoms with Crippen LogP contribution in [-0.2, 0) is 28.2 Å². The fraction of sp³-hybridized carbons (Fsp3) is 0.926. The van der Waals surface area contributed by atoms with Crippen molar-refractivity contribution in [2.24, 2.45) is 0 Å². The first kappa shape index (κ1) is 39.2. The van der Waals surface area contributed by atoms with Gasteiger partial charge in [0.15, 0.2) is 6.10 Å². The van der Waals surface area contributed by atoms with Gasteiger partial charge in [-0.2, -0.15) is 0 Å². The number of hydrogen-bond acceptors (Lipinski definition) is 6. The molecule has 0 amide bonds. The van der Waals surface area contributed by atoms with Crippen molar-refractivity contribution in [3.05, 3.63) is 0 Å². The third-order valence-electron chi connectivity index (χ3n) is 6.13. The summed E-state index contributed by atoms with van der Waals surface area (Å²) in [6.45, 7) is 3.60. The van der Waals surface area contributed by atoms with Gasteiger partial charge >= 0.3 is 19.8 Å². The number of rotatable bonds is 26. The summed E-state index contributed by atoms with van der Waals surface area (Å²) >= 11 is 0. The summed E-state index contributed by atoms with van der Waals surface area (Å²) < 4.78 is 26.0. The van der Waals surface area contributed by atoms with Gasteiger partial charge in [0.2, 0.25) is 0 Å². The Labute approximate surface area is 247 Å². The van der Waals surface area contributed by atoms with Crippen LogP contribution < -0.4 is 0 Å². The van der Waals surface area contributed by atoms with Gasteiger partial charge in [-0.1, -0.05) is 117 Å². The van der Waals surface area contributed by atoms with Crippen molar-refractivity contribution in [1.29, 1.82) is 0 Å². The summed E-state index contributed by atoms with van der Waals surface area (Å²) in [5, 5.41) is 0. The molecule has 0 saturated carbocycles. The smallest absolute Gasteiger partial charge is 0.462 e. The van der Waals surface area contributed by atoms with Gasteiger partial charge in [-0.3, -0.25) is 14.1 Å². The van der Waals surface area contributed by atoms with Crippen LogP contribution in [0.4, 0.5) is 0 Å². The van der Waals surface area contributed by atoms with Crippen LogP contribution >= 0.6 is 7.82 Å². The molecule has 2 N–H and O–H groups in total.